The Morgan fingerprint density at radius 3 is 2.09 bits per heavy atom. The van der Waals surface area contributed by atoms with E-state index in [9.17, 15) is 4.79 Å². The highest BCUT2D eigenvalue weighted by Crippen LogP contribution is 2.18. The van der Waals surface area contributed by atoms with Crippen LogP contribution in [0, 0.1) is 0 Å². The highest BCUT2D eigenvalue weighted by molar-refractivity contribution is 5.78. The summed E-state index contributed by atoms with van der Waals surface area (Å²) < 4.78 is 15.9. The highest BCUT2D eigenvalue weighted by Gasteiger charge is 2.09. The van der Waals surface area contributed by atoms with Crippen molar-refractivity contribution in [2.24, 2.45) is 5.73 Å². The van der Waals surface area contributed by atoms with Gasteiger partial charge in [-0.3, -0.25) is 4.79 Å². The number of carbonyl (C=O) groups is 1. The van der Waals surface area contributed by atoms with Gasteiger partial charge in [-0.1, -0.05) is 54.6 Å². The summed E-state index contributed by atoms with van der Waals surface area (Å²) in [5, 5.41) is 12.7. The third kappa shape index (κ3) is 12.4. The van der Waals surface area contributed by atoms with E-state index >= 15 is 0 Å². The van der Waals surface area contributed by atoms with Crippen molar-refractivity contribution >= 4 is 29.4 Å². The molecule has 0 aliphatic carbocycles. The minimum Gasteiger partial charge on any atom is -0.497 e. The summed E-state index contributed by atoms with van der Waals surface area (Å²) in [5.74, 6) is 2.01. The fraction of sp³-hybridized carbons (Fsp3) is 0.333. The molecule has 0 atom stereocenters. The Balaban J connectivity index is 1.31. The quantitative estimate of drug-likeness (QED) is 0.0928. The first-order valence-corrected chi connectivity index (χ1v) is 15.0. The number of anilines is 4. The van der Waals surface area contributed by atoms with Crippen LogP contribution in [0.5, 0.6) is 5.75 Å². The van der Waals surface area contributed by atoms with Crippen LogP contribution in [0.4, 0.5) is 23.5 Å². The third-order valence-corrected chi connectivity index (χ3v) is 6.56. The molecule has 12 heteroatoms. The van der Waals surface area contributed by atoms with Crippen LogP contribution in [-0.2, 0) is 33.7 Å². The lowest BCUT2D eigenvalue weighted by molar-refractivity contribution is -0.120. The molecule has 3 aromatic carbocycles. The minimum absolute atomic E-state index is 0.0741. The van der Waals surface area contributed by atoms with Crippen molar-refractivity contribution < 1.29 is 19.0 Å². The summed E-state index contributed by atoms with van der Waals surface area (Å²) in [6.45, 7) is 4.02. The van der Waals surface area contributed by atoms with Crippen LogP contribution in [0.3, 0.4) is 0 Å². The van der Waals surface area contributed by atoms with Crippen molar-refractivity contribution in [3.63, 3.8) is 0 Å². The summed E-state index contributed by atoms with van der Waals surface area (Å²) >= 11 is 0. The van der Waals surface area contributed by atoms with Crippen LogP contribution in [0.25, 0.3) is 0 Å². The molecule has 238 valence electrons. The van der Waals surface area contributed by atoms with E-state index in [1.54, 1.807) is 7.11 Å². The third-order valence-electron chi connectivity index (χ3n) is 6.56. The molecule has 0 aliphatic rings. The normalized spacial score (nSPS) is 10.7. The minimum atomic E-state index is -0.0741. The number of carbonyl (C=O) groups excluding carboxylic acids is 1. The second-order valence-corrected chi connectivity index (χ2v) is 10.0. The van der Waals surface area contributed by atoms with Gasteiger partial charge in [0.15, 0.2) is 0 Å². The molecule has 0 saturated heterocycles. The molecule has 0 spiro atoms. The van der Waals surface area contributed by atoms with E-state index in [1.165, 1.54) is 5.56 Å². The number of hydrogen-bond acceptors (Lipinski definition) is 11. The molecule has 0 fully saturated rings. The molecular weight excluding hydrogens is 572 g/mol. The summed E-state index contributed by atoms with van der Waals surface area (Å²) in [6.07, 6.45) is 1.09. The topological polar surface area (TPSA) is 158 Å². The number of methoxy groups -OCH3 is 1. The maximum atomic E-state index is 12.3. The Hall–Kier alpha value is -4.78. The van der Waals surface area contributed by atoms with Crippen LogP contribution in [0.15, 0.2) is 78.9 Å². The van der Waals surface area contributed by atoms with Crippen molar-refractivity contribution in [2.75, 3.05) is 69.1 Å². The molecule has 0 aliphatic heterocycles. The largest absolute Gasteiger partial charge is 0.497 e. The van der Waals surface area contributed by atoms with Gasteiger partial charge < -0.3 is 41.2 Å². The Bertz CT molecular complexity index is 1420. The fourth-order valence-electron chi connectivity index (χ4n) is 4.23. The molecule has 0 saturated carbocycles. The molecule has 1 aromatic heterocycles. The average Bonchev–Trinajstić information content (AvgIpc) is 3.06. The van der Waals surface area contributed by atoms with Gasteiger partial charge in [-0.25, -0.2) is 0 Å². The molecule has 0 unspecified atom stereocenters. The number of benzene rings is 3. The number of nitrogens with one attached hydrogen (secondary N) is 4. The molecule has 4 rings (SSSR count). The smallest absolute Gasteiger partial charge is 0.233 e. The molecule has 4 aromatic rings. The van der Waals surface area contributed by atoms with Crippen LogP contribution in [0.2, 0.25) is 0 Å². The van der Waals surface area contributed by atoms with Crippen LogP contribution < -0.4 is 31.7 Å². The standard InChI is InChI=1S/C33H42N8O4/c1-43-29-13-9-27(10-14-29)24-37-32-39-31(36-17-15-25-5-3-2-4-6-25)40-33(41-32)38-28-11-7-26(8-12-28)23-30(42)35-18-20-45-22-21-44-19-16-34/h2-14H,15-24,34H2,1H3,(H,35,42)(H3,36,37,38,39,40,41). The van der Waals surface area contributed by atoms with Crippen molar-refractivity contribution in [1.29, 1.82) is 0 Å². The first-order valence-electron chi connectivity index (χ1n) is 15.0. The van der Waals surface area contributed by atoms with Gasteiger partial charge in [-0.15, -0.1) is 0 Å². The van der Waals surface area contributed by atoms with Gasteiger partial charge in [0, 0.05) is 31.9 Å². The van der Waals surface area contributed by atoms with Gasteiger partial charge in [0.2, 0.25) is 23.8 Å². The van der Waals surface area contributed by atoms with Crippen molar-refractivity contribution in [3.05, 3.63) is 95.6 Å². The van der Waals surface area contributed by atoms with E-state index in [0.29, 0.717) is 70.5 Å². The van der Waals surface area contributed by atoms with Gasteiger partial charge in [-0.05, 0) is 47.4 Å². The monoisotopic (exact) mass is 614 g/mol. The van der Waals surface area contributed by atoms with Gasteiger partial charge in [0.1, 0.15) is 5.75 Å². The SMILES string of the molecule is COc1ccc(CNc2nc(NCCc3ccccc3)nc(Nc3ccc(CC(=O)NCCOCCOCCN)cc3)n2)cc1. The lowest BCUT2D eigenvalue weighted by Gasteiger charge is -2.12. The number of rotatable bonds is 20. The van der Waals surface area contributed by atoms with Crippen molar-refractivity contribution in [3.8, 4) is 5.75 Å². The number of amides is 1. The number of ether oxygens (including phenoxy) is 3. The second-order valence-electron chi connectivity index (χ2n) is 10.0. The van der Waals surface area contributed by atoms with Crippen molar-refractivity contribution in [1.82, 2.24) is 20.3 Å². The molecule has 45 heavy (non-hydrogen) atoms. The van der Waals surface area contributed by atoms with E-state index < -0.39 is 0 Å². The Kier molecular flexibility index (Phi) is 13.8. The lowest BCUT2D eigenvalue weighted by Crippen LogP contribution is -2.29. The van der Waals surface area contributed by atoms with Crippen LogP contribution in [0.1, 0.15) is 16.7 Å². The zero-order valence-electron chi connectivity index (χ0n) is 25.6. The number of nitrogens with zero attached hydrogens (tertiary/aromatic N) is 3. The molecule has 0 radical (unpaired) electrons. The maximum Gasteiger partial charge on any atom is 0.233 e. The zero-order valence-corrected chi connectivity index (χ0v) is 25.6. The van der Waals surface area contributed by atoms with E-state index in [0.717, 1.165) is 29.0 Å². The predicted molar refractivity (Wildman–Crippen MR) is 176 cm³/mol. The van der Waals surface area contributed by atoms with E-state index in [-0.39, 0.29) is 12.3 Å². The second kappa shape index (κ2) is 18.8. The summed E-state index contributed by atoms with van der Waals surface area (Å²) in [7, 11) is 1.64. The molecule has 1 heterocycles. The lowest BCUT2D eigenvalue weighted by atomic mass is 10.1. The molecule has 0 bridgehead atoms. The first-order chi connectivity index (χ1) is 22.1. The number of nitrogens with two attached hydrogens (primary N) is 1. The number of aromatic nitrogens is 3. The average molecular weight is 615 g/mol. The summed E-state index contributed by atoms with van der Waals surface area (Å²) in [6, 6.07) is 25.6. The van der Waals surface area contributed by atoms with Crippen LogP contribution >= 0.6 is 0 Å². The highest BCUT2D eigenvalue weighted by atomic mass is 16.5. The molecular formula is C33H42N8O4. The fourth-order valence-corrected chi connectivity index (χ4v) is 4.23. The summed E-state index contributed by atoms with van der Waals surface area (Å²) in [5.41, 5.74) is 9.32. The Morgan fingerprint density at radius 2 is 1.38 bits per heavy atom. The maximum absolute atomic E-state index is 12.3. The predicted octanol–water partition coefficient (Wildman–Crippen LogP) is 3.54. The molecule has 6 N–H and O–H groups in total. The van der Waals surface area contributed by atoms with E-state index in [1.807, 2.05) is 66.7 Å². The first kappa shape index (κ1) is 33.1. The number of hydrogen-bond donors (Lipinski definition) is 5. The van der Waals surface area contributed by atoms with Gasteiger partial charge >= 0.3 is 0 Å². The van der Waals surface area contributed by atoms with Gasteiger partial charge in [0.05, 0.1) is 40.0 Å². The van der Waals surface area contributed by atoms with Gasteiger partial charge in [0.25, 0.3) is 0 Å². The molecule has 12 nitrogen and oxygen atoms in total. The Morgan fingerprint density at radius 1 is 0.711 bits per heavy atom. The van der Waals surface area contributed by atoms with E-state index in [4.69, 9.17) is 19.9 Å². The summed E-state index contributed by atoms with van der Waals surface area (Å²) in [4.78, 5) is 26.1. The van der Waals surface area contributed by atoms with Crippen molar-refractivity contribution in [2.45, 2.75) is 19.4 Å². The Labute approximate surface area is 264 Å². The van der Waals surface area contributed by atoms with Gasteiger partial charge in [-0.2, -0.15) is 15.0 Å². The molecule has 1 amide bonds. The van der Waals surface area contributed by atoms with Crippen LogP contribution in [-0.4, -0.2) is 74.0 Å². The van der Waals surface area contributed by atoms with E-state index in [2.05, 4.69) is 48.4 Å². The zero-order chi connectivity index (χ0) is 31.5.